The minimum atomic E-state index is 0.0328. The third kappa shape index (κ3) is 3.72. The zero-order valence-corrected chi connectivity index (χ0v) is 14.1. The lowest BCUT2D eigenvalue weighted by Crippen LogP contribution is -2.42. The van der Waals surface area contributed by atoms with Gasteiger partial charge in [0.15, 0.2) is 0 Å². The standard InChI is InChI=1S/C16H28N6O/c1-20-14(12-21-7-3-2-4-8-21)18-19-16(20)13-6-5-9-22(11-13)15(23)10-17/h13H,2-12,17H2,1H3/t13-/m0/s1. The van der Waals surface area contributed by atoms with Crippen LogP contribution in [0.2, 0.25) is 0 Å². The van der Waals surface area contributed by atoms with Gasteiger partial charge in [0.05, 0.1) is 13.1 Å². The molecule has 23 heavy (non-hydrogen) atoms. The zero-order valence-electron chi connectivity index (χ0n) is 14.1. The maximum Gasteiger partial charge on any atom is 0.236 e. The summed E-state index contributed by atoms with van der Waals surface area (Å²) in [7, 11) is 2.05. The van der Waals surface area contributed by atoms with E-state index in [4.69, 9.17) is 5.73 Å². The van der Waals surface area contributed by atoms with Crippen molar-refractivity contribution in [3.63, 3.8) is 0 Å². The van der Waals surface area contributed by atoms with E-state index in [1.807, 2.05) is 4.90 Å². The largest absolute Gasteiger partial charge is 0.341 e. The Morgan fingerprint density at radius 2 is 1.96 bits per heavy atom. The van der Waals surface area contributed by atoms with Crippen molar-refractivity contribution in [3.05, 3.63) is 11.6 Å². The quantitative estimate of drug-likeness (QED) is 0.872. The minimum absolute atomic E-state index is 0.0328. The summed E-state index contributed by atoms with van der Waals surface area (Å²) in [6, 6.07) is 0. The lowest BCUT2D eigenvalue weighted by molar-refractivity contribution is -0.130. The molecule has 1 aromatic rings. The van der Waals surface area contributed by atoms with Crippen molar-refractivity contribution in [2.45, 2.75) is 44.6 Å². The van der Waals surface area contributed by atoms with Gasteiger partial charge in [-0.05, 0) is 38.8 Å². The number of nitrogens with two attached hydrogens (primary N) is 1. The smallest absolute Gasteiger partial charge is 0.236 e. The van der Waals surface area contributed by atoms with Gasteiger partial charge in [-0.2, -0.15) is 0 Å². The van der Waals surface area contributed by atoms with Gasteiger partial charge in [0, 0.05) is 26.1 Å². The van der Waals surface area contributed by atoms with E-state index in [1.165, 1.54) is 19.3 Å². The fourth-order valence-electron chi connectivity index (χ4n) is 3.73. The molecule has 2 aliphatic heterocycles. The van der Waals surface area contributed by atoms with Gasteiger partial charge >= 0.3 is 0 Å². The van der Waals surface area contributed by atoms with E-state index in [0.717, 1.165) is 50.7 Å². The van der Waals surface area contributed by atoms with Crippen molar-refractivity contribution in [2.24, 2.45) is 12.8 Å². The van der Waals surface area contributed by atoms with E-state index >= 15 is 0 Å². The molecule has 2 saturated heterocycles. The van der Waals surface area contributed by atoms with Gasteiger partial charge in [0.1, 0.15) is 11.6 Å². The molecule has 2 aliphatic rings. The van der Waals surface area contributed by atoms with Gasteiger partial charge in [0.25, 0.3) is 0 Å². The maximum absolute atomic E-state index is 11.8. The van der Waals surface area contributed by atoms with Crippen molar-refractivity contribution >= 4 is 5.91 Å². The van der Waals surface area contributed by atoms with Gasteiger partial charge in [-0.25, -0.2) is 0 Å². The number of likely N-dealkylation sites (tertiary alicyclic amines) is 2. The third-order valence-corrected chi connectivity index (χ3v) is 5.13. The molecular formula is C16H28N6O. The first-order chi connectivity index (χ1) is 11.2. The molecule has 0 aliphatic carbocycles. The molecule has 0 saturated carbocycles. The fraction of sp³-hybridized carbons (Fsp3) is 0.812. The molecule has 0 spiro atoms. The molecule has 2 fully saturated rings. The number of rotatable bonds is 4. The van der Waals surface area contributed by atoms with Crippen LogP contribution in [0.5, 0.6) is 0 Å². The van der Waals surface area contributed by atoms with Crippen LogP contribution in [-0.4, -0.2) is 63.2 Å². The van der Waals surface area contributed by atoms with Gasteiger partial charge in [0.2, 0.25) is 5.91 Å². The molecule has 1 atom stereocenters. The predicted octanol–water partition coefficient (Wildman–Crippen LogP) is 0.466. The summed E-state index contributed by atoms with van der Waals surface area (Å²) in [5, 5.41) is 8.86. The third-order valence-electron chi connectivity index (χ3n) is 5.13. The van der Waals surface area contributed by atoms with E-state index in [1.54, 1.807) is 0 Å². The Morgan fingerprint density at radius 3 is 2.70 bits per heavy atom. The summed E-state index contributed by atoms with van der Waals surface area (Å²) < 4.78 is 2.13. The number of hydrogen-bond acceptors (Lipinski definition) is 5. The van der Waals surface area contributed by atoms with E-state index in [0.29, 0.717) is 6.54 Å². The topological polar surface area (TPSA) is 80.3 Å². The first kappa shape index (κ1) is 16.4. The van der Waals surface area contributed by atoms with Crippen molar-refractivity contribution in [3.8, 4) is 0 Å². The molecule has 0 radical (unpaired) electrons. The molecule has 128 valence electrons. The van der Waals surface area contributed by atoms with Crippen molar-refractivity contribution in [1.82, 2.24) is 24.6 Å². The minimum Gasteiger partial charge on any atom is -0.341 e. The van der Waals surface area contributed by atoms with Crippen LogP contribution in [-0.2, 0) is 18.4 Å². The van der Waals surface area contributed by atoms with Gasteiger partial charge in [-0.15, -0.1) is 10.2 Å². The number of nitrogens with zero attached hydrogens (tertiary/aromatic N) is 5. The summed E-state index contributed by atoms with van der Waals surface area (Å²) in [5.74, 6) is 2.34. The van der Waals surface area contributed by atoms with Crippen molar-refractivity contribution in [2.75, 3.05) is 32.7 Å². The van der Waals surface area contributed by atoms with Crippen LogP contribution in [0.25, 0.3) is 0 Å². The molecule has 0 unspecified atom stereocenters. The number of carbonyl (C=O) groups excluding carboxylic acids is 1. The Balaban J connectivity index is 1.67. The number of carbonyl (C=O) groups is 1. The lowest BCUT2D eigenvalue weighted by atomic mass is 9.97. The molecule has 0 aromatic carbocycles. The first-order valence-electron chi connectivity index (χ1n) is 8.77. The average Bonchev–Trinajstić information content (AvgIpc) is 2.96. The molecule has 7 heteroatoms. The van der Waals surface area contributed by atoms with Crippen LogP contribution in [0.4, 0.5) is 0 Å². The molecule has 1 amide bonds. The monoisotopic (exact) mass is 320 g/mol. The van der Waals surface area contributed by atoms with Crippen LogP contribution in [0.1, 0.15) is 49.7 Å². The summed E-state index contributed by atoms with van der Waals surface area (Å²) in [6.45, 7) is 4.80. The SMILES string of the molecule is Cn1c(CN2CCCCC2)nnc1[C@H]1CCCN(C(=O)CN)C1. The highest BCUT2D eigenvalue weighted by atomic mass is 16.2. The zero-order chi connectivity index (χ0) is 16.2. The molecular weight excluding hydrogens is 292 g/mol. The summed E-state index contributed by atoms with van der Waals surface area (Å²) in [5.41, 5.74) is 5.50. The molecule has 0 bridgehead atoms. The van der Waals surface area contributed by atoms with E-state index in [-0.39, 0.29) is 18.4 Å². The number of piperidine rings is 2. The number of hydrogen-bond donors (Lipinski definition) is 1. The molecule has 2 N–H and O–H groups in total. The van der Waals surface area contributed by atoms with E-state index in [9.17, 15) is 4.79 Å². The van der Waals surface area contributed by atoms with Crippen LogP contribution in [0.3, 0.4) is 0 Å². The average molecular weight is 320 g/mol. The predicted molar refractivity (Wildman–Crippen MR) is 87.7 cm³/mol. The number of amides is 1. The van der Waals surface area contributed by atoms with E-state index < -0.39 is 0 Å². The Morgan fingerprint density at radius 1 is 1.17 bits per heavy atom. The van der Waals surface area contributed by atoms with Crippen LogP contribution >= 0.6 is 0 Å². The second-order valence-electron chi connectivity index (χ2n) is 6.75. The van der Waals surface area contributed by atoms with Crippen molar-refractivity contribution in [1.29, 1.82) is 0 Å². The molecule has 7 nitrogen and oxygen atoms in total. The highest BCUT2D eigenvalue weighted by molar-refractivity contribution is 5.78. The van der Waals surface area contributed by atoms with Crippen LogP contribution < -0.4 is 5.73 Å². The van der Waals surface area contributed by atoms with Gasteiger partial charge < -0.3 is 15.2 Å². The second-order valence-corrected chi connectivity index (χ2v) is 6.75. The highest BCUT2D eigenvalue weighted by Crippen LogP contribution is 2.26. The molecule has 1 aromatic heterocycles. The van der Waals surface area contributed by atoms with E-state index in [2.05, 4.69) is 26.7 Å². The lowest BCUT2D eigenvalue weighted by Gasteiger charge is -2.32. The Kier molecular flexibility index (Phi) is 5.27. The van der Waals surface area contributed by atoms with Crippen molar-refractivity contribution < 1.29 is 4.79 Å². The first-order valence-corrected chi connectivity index (χ1v) is 8.77. The summed E-state index contributed by atoms with van der Waals surface area (Å²) in [4.78, 5) is 16.2. The Hall–Kier alpha value is -1.47. The second kappa shape index (κ2) is 7.40. The maximum atomic E-state index is 11.8. The van der Waals surface area contributed by atoms with Gasteiger partial charge in [-0.3, -0.25) is 9.69 Å². The highest BCUT2D eigenvalue weighted by Gasteiger charge is 2.28. The van der Waals surface area contributed by atoms with Crippen LogP contribution in [0, 0.1) is 0 Å². The summed E-state index contributed by atoms with van der Waals surface area (Å²) in [6.07, 6.45) is 5.97. The van der Waals surface area contributed by atoms with Crippen LogP contribution in [0.15, 0.2) is 0 Å². The summed E-state index contributed by atoms with van der Waals surface area (Å²) >= 11 is 0. The number of aromatic nitrogens is 3. The van der Waals surface area contributed by atoms with Gasteiger partial charge in [-0.1, -0.05) is 6.42 Å². The fourth-order valence-corrected chi connectivity index (χ4v) is 3.73. The normalized spacial score (nSPS) is 23.2. The molecule has 3 rings (SSSR count). The molecule has 3 heterocycles. The Bertz CT molecular complexity index is 537. The Labute approximate surface area is 137 Å².